The largest absolute Gasteiger partial charge is 0.494 e. The van der Waals surface area contributed by atoms with Gasteiger partial charge in [-0.15, -0.1) is 0 Å². The van der Waals surface area contributed by atoms with Crippen LogP contribution in [-0.2, 0) is 0 Å². The zero-order valence-corrected chi connectivity index (χ0v) is 27.4. The van der Waals surface area contributed by atoms with E-state index in [1.807, 2.05) is 14.1 Å². The van der Waals surface area contributed by atoms with E-state index < -0.39 is 23.0 Å². The Morgan fingerprint density at radius 2 is 1.70 bits per heavy atom. The van der Waals surface area contributed by atoms with E-state index in [9.17, 15) is 18.4 Å². The van der Waals surface area contributed by atoms with Gasteiger partial charge in [0.25, 0.3) is 5.91 Å². The maximum Gasteiger partial charge on any atom is 0.261 e. The number of unbranched alkanes of at least 4 members (excludes halogenated alkanes) is 4. The van der Waals surface area contributed by atoms with Gasteiger partial charge in [-0.2, -0.15) is 0 Å². The van der Waals surface area contributed by atoms with Gasteiger partial charge in [0.2, 0.25) is 5.43 Å². The van der Waals surface area contributed by atoms with Crippen molar-refractivity contribution < 1.29 is 22.8 Å². The minimum Gasteiger partial charge on any atom is -0.494 e. The molecular weight excluding hydrogens is 612 g/mol. The van der Waals surface area contributed by atoms with E-state index in [1.54, 1.807) is 39.8 Å². The molecule has 2 aromatic heterocycles. The molecular formula is C35H41ClF2N5O3+. The highest BCUT2D eigenvalue weighted by Gasteiger charge is 2.25. The molecule has 0 atom stereocenters. The summed E-state index contributed by atoms with van der Waals surface area (Å²) in [7, 11) is 6.03. The number of ether oxygens (including phenoxy) is 1. The van der Waals surface area contributed by atoms with Crippen LogP contribution < -0.4 is 20.4 Å². The number of nitrogens with one attached hydrogen (secondary N) is 1. The first-order valence-corrected chi connectivity index (χ1v) is 16.2. The van der Waals surface area contributed by atoms with Gasteiger partial charge in [0.1, 0.15) is 28.8 Å². The number of hydrogen-bond acceptors (Lipinski definition) is 5. The van der Waals surface area contributed by atoms with Crippen LogP contribution in [0.4, 0.5) is 20.3 Å². The van der Waals surface area contributed by atoms with Gasteiger partial charge in [-0.1, -0.05) is 24.4 Å². The van der Waals surface area contributed by atoms with Crippen LogP contribution in [-0.4, -0.2) is 67.3 Å². The van der Waals surface area contributed by atoms with Crippen molar-refractivity contribution in [2.24, 2.45) is 0 Å². The summed E-state index contributed by atoms with van der Waals surface area (Å²) >= 11 is 6.76. The van der Waals surface area contributed by atoms with Crippen LogP contribution >= 0.6 is 11.6 Å². The first-order chi connectivity index (χ1) is 22.0. The second-order valence-electron chi connectivity index (χ2n) is 12.5. The van der Waals surface area contributed by atoms with Crippen molar-refractivity contribution in [3.05, 3.63) is 87.2 Å². The fourth-order valence-corrected chi connectivity index (χ4v) is 6.28. The van der Waals surface area contributed by atoms with Crippen LogP contribution in [0.2, 0.25) is 5.02 Å². The Balaban J connectivity index is 1.31. The van der Waals surface area contributed by atoms with Gasteiger partial charge in [0.05, 0.1) is 49.4 Å². The third-order valence-corrected chi connectivity index (χ3v) is 8.90. The number of halogens is 3. The van der Waals surface area contributed by atoms with Crippen molar-refractivity contribution in [1.82, 2.24) is 9.55 Å². The number of benzene rings is 2. The molecule has 1 amide bonds. The molecule has 0 bridgehead atoms. The number of carbonyl (C=O) groups is 1. The maximum absolute atomic E-state index is 13.8. The second kappa shape index (κ2) is 14.6. The summed E-state index contributed by atoms with van der Waals surface area (Å²) < 4.78 is 36.3. The molecule has 2 aromatic carbocycles. The van der Waals surface area contributed by atoms with Crippen molar-refractivity contribution in [3.8, 4) is 11.4 Å². The quantitative estimate of drug-likeness (QED) is 0.122. The Morgan fingerprint density at radius 3 is 2.39 bits per heavy atom. The van der Waals surface area contributed by atoms with Gasteiger partial charge < -0.3 is 19.4 Å². The van der Waals surface area contributed by atoms with Gasteiger partial charge >= 0.3 is 0 Å². The highest BCUT2D eigenvalue weighted by atomic mass is 35.5. The minimum absolute atomic E-state index is 0.119. The van der Waals surface area contributed by atoms with Crippen LogP contribution in [0, 0.1) is 11.6 Å². The van der Waals surface area contributed by atoms with E-state index >= 15 is 0 Å². The molecule has 1 N–H and O–H groups in total. The maximum atomic E-state index is 13.8. The Bertz CT molecular complexity index is 1750. The predicted molar refractivity (Wildman–Crippen MR) is 180 cm³/mol. The summed E-state index contributed by atoms with van der Waals surface area (Å²) in [5, 5.41) is 2.93. The standard InChI is InChI=1S/C35H40ClF2N5O3/c1-41(2)32-14-12-28-33(44)29(35(45)39-26-20-24(37)19-25(38)21-26)23-42(34(28)40-32)31-13-11-27(22-30(31)36)46-18-10-6-4-5-7-15-43(3)16-8-9-17-43/h11-14,19-23H,4-10,15-18H2,1-3H3/p+1. The summed E-state index contributed by atoms with van der Waals surface area (Å²) in [6.07, 6.45) is 9.80. The number of aromatic nitrogens is 2. The normalized spacial score (nSPS) is 14.0. The van der Waals surface area contributed by atoms with Crippen LogP contribution in [0.1, 0.15) is 55.3 Å². The molecule has 1 aliphatic heterocycles. The molecule has 0 aliphatic carbocycles. The Kier molecular flexibility index (Phi) is 10.6. The lowest BCUT2D eigenvalue weighted by molar-refractivity contribution is -0.897. The first kappa shape index (κ1) is 33.3. The van der Waals surface area contributed by atoms with Crippen LogP contribution in [0.25, 0.3) is 16.7 Å². The lowest BCUT2D eigenvalue weighted by atomic mass is 10.1. The van der Waals surface area contributed by atoms with E-state index in [4.69, 9.17) is 16.3 Å². The average Bonchev–Trinajstić information content (AvgIpc) is 3.44. The highest BCUT2D eigenvalue weighted by Crippen LogP contribution is 2.29. The van der Waals surface area contributed by atoms with E-state index in [1.165, 1.54) is 62.4 Å². The molecule has 0 spiro atoms. The fourth-order valence-electron chi connectivity index (χ4n) is 6.02. The summed E-state index contributed by atoms with van der Waals surface area (Å²) in [6, 6.07) is 11.1. The lowest BCUT2D eigenvalue weighted by Crippen LogP contribution is -2.41. The molecule has 3 heterocycles. The number of quaternary nitrogens is 1. The number of carbonyl (C=O) groups excluding carboxylic acids is 1. The molecule has 8 nitrogen and oxygen atoms in total. The third-order valence-electron chi connectivity index (χ3n) is 8.59. The molecule has 1 saturated heterocycles. The van der Waals surface area contributed by atoms with E-state index in [0.717, 1.165) is 25.0 Å². The number of hydrogen-bond donors (Lipinski definition) is 1. The molecule has 1 aliphatic rings. The molecule has 11 heteroatoms. The Morgan fingerprint density at radius 1 is 1.00 bits per heavy atom. The van der Waals surface area contributed by atoms with E-state index in [-0.39, 0.29) is 16.6 Å². The summed E-state index contributed by atoms with van der Waals surface area (Å²) in [5.41, 5.74) is -0.180. The Labute approximate surface area is 273 Å². The number of anilines is 2. The number of pyridine rings is 2. The van der Waals surface area contributed by atoms with Crippen molar-refractivity contribution in [3.63, 3.8) is 0 Å². The first-order valence-electron chi connectivity index (χ1n) is 15.8. The molecule has 5 rings (SSSR count). The van der Waals surface area contributed by atoms with Crippen molar-refractivity contribution >= 4 is 40.0 Å². The average molecular weight is 653 g/mol. The zero-order valence-electron chi connectivity index (χ0n) is 26.6. The number of amides is 1. The van der Waals surface area contributed by atoms with Gasteiger partial charge in [-0.05, 0) is 55.7 Å². The molecule has 244 valence electrons. The van der Waals surface area contributed by atoms with Crippen molar-refractivity contribution in [2.45, 2.75) is 44.9 Å². The molecule has 4 aromatic rings. The predicted octanol–water partition coefficient (Wildman–Crippen LogP) is 7.21. The summed E-state index contributed by atoms with van der Waals surface area (Å²) in [5.74, 6) is -1.34. The van der Waals surface area contributed by atoms with Gasteiger partial charge in [-0.3, -0.25) is 14.2 Å². The highest BCUT2D eigenvalue weighted by molar-refractivity contribution is 6.32. The van der Waals surface area contributed by atoms with Gasteiger partial charge in [-0.25, -0.2) is 13.8 Å². The van der Waals surface area contributed by atoms with E-state index in [2.05, 4.69) is 17.3 Å². The molecule has 0 unspecified atom stereocenters. The minimum atomic E-state index is -0.857. The fraction of sp³-hybridized carbons (Fsp3) is 0.400. The molecule has 46 heavy (non-hydrogen) atoms. The molecule has 1 fully saturated rings. The molecule has 0 radical (unpaired) electrons. The SMILES string of the molecule is CN(C)c1ccc2c(=O)c(C(=O)Nc3cc(F)cc(F)c3)cn(-c3ccc(OCCCCCCC[N+]4(C)CCCC4)cc3Cl)c2n1. The lowest BCUT2D eigenvalue weighted by Gasteiger charge is -2.29. The van der Waals surface area contributed by atoms with Crippen molar-refractivity contribution in [1.29, 1.82) is 0 Å². The number of rotatable bonds is 13. The third kappa shape index (κ3) is 8.03. The van der Waals surface area contributed by atoms with Crippen LogP contribution in [0.5, 0.6) is 5.75 Å². The number of nitrogens with zero attached hydrogens (tertiary/aromatic N) is 4. The molecule has 0 saturated carbocycles. The topological polar surface area (TPSA) is 76.5 Å². The zero-order chi connectivity index (χ0) is 32.8. The van der Waals surface area contributed by atoms with Crippen molar-refractivity contribution in [2.75, 3.05) is 57.6 Å². The van der Waals surface area contributed by atoms with E-state index in [0.29, 0.717) is 40.6 Å². The smallest absolute Gasteiger partial charge is 0.261 e. The summed E-state index contributed by atoms with van der Waals surface area (Å²) in [4.78, 5) is 33.2. The number of fused-ring (bicyclic) bond motifs is 1. The Hall–Kier alpha value is -4.02. The van der Waals surface area contributed by atoms with Gasteiger partial charge in [0, 0.05) is 51.0 Å². The van der Waals surface area contributed by atoms with Crippen LogP contribution in [0.15, 0.2) is 59.5 Å². The monoisotopic (exact) mass is 652 g/mol. The van der Waals surface area contributed by atoms with Crippen LogP contribution in [0.3, 0.4) is 0 Å². The second-order valence-corrected chi connectivity index (χ2v) is 12.9. The summed E-state index contributed by atoms with van der Waals surface area (Å²) in [6.45, 7) is 4.48. The number of likely N-dealkylation sites (tertiary alicyclic amines) is 1. The van der Waals surface area contributed by atoms with Gasteiger partial charge in [0.15, 0.2) is 5.65 Å².